The molecule has 0 unspecified atom stereocenters. The van der Waals surface area contributed by atoms with Crippen LogP contribution in [0.15, 0.2) is 42.0 Å². The fraction of sp³-hybridized carbons (Fsp3) is 0.294. The summed E-state index contributed by atoms with van der Waals surface area (Å²) >= 11 is 1.39. The van der Waals surface area contributed by atoms with Crippen molar-refractivity contribution in [2.75, 3.05) is 6.61 Å². The maximum absolute atomic E-state index is 12.6. The first-order chi connectivity index (χ1) is 12.3. The number of carbonyl (C=O) groups excluding carboxylic acids is 1. The summed E-state index contributed by atoms with van der Waals surface area (Å²) in [4.78, 5) is 13.2. The molecule has 1 N–H and O–H groups in total. The summed E-state index contributed by atoms with van der Waals surface area (Å²) in [5.41, 5.74) is 1.92. The monoisotopic (exact) mass is 355 g/mol. The Hall–Kier alpha value is -2.74. The van der Waals surface area contributed by atoms with Crippen LogP contribution in [-0.4, -0.2) is 38.8 Å². The number of aromatic nitrogens is 4. The smallest absolute Gasteiger partial charge is 0.263 e. The van der Waals surface area contributed by atoms with Gasteiger partial charge in [-0.05, 0) is 52.9 Å². The van der Waals surface area contributed by atoms with Gasteiger partial charge in [0, 0.05) is 12.0 Å². The SMILES string of the molecule is CCOc1ccc([C@@H]2C[C@H]2NC(=O)c2sccc2-n2cnnn2)cc1. The standard InChI is InChI=1S/C17H17N5O2S/c1-2-24-12-5-3-11(4-6-12)13-9-14(13)19-17(23)16-15(7-8-25-16)22-10-18-20-21-22/h3-8,10,13-14H,2,9H2,1H3,(H,19,23)/t13-,14+/m0/s1. The molecule has 0 spiro atoms. The molecule has 2 atom stereocenters. The number of nitrogens with zero attached hydrogens (tertiary/aromatic N) is 4. The summed E-state index contributed by atoms with van der Waals surface area (Å²) in [7, 11) is 0. The van der Waals surface area contributed by atoms with Gasteiger partial charge in [0.05, 0.1) is 12.3 Å². The van der Waals surface area contributed by atoms with Gasteiger partial charge in [0.25, 0.3) is 5.91 Å². The van der Waals surface area contributed by atoms with E-state index in [4.69, 9.17) is 4.74 Å². The number of ether oxygens (including phenoxy) is 1. The fourth-order valence-electron chi connectivity index (χ4n) is 2.86. The molecule has 1 saturated carbocycles. The third-order valence-electron chi connectivity index (χ3n) is 4.17. The normalized spacial score (nSPS) is 18.8. The third-order valence-corrected chi connectivity index (χ3v) is 5.08. The van der Waals surface area contributed by atoms with E-state index in [1.165, 1.54) is 27.9 Å². The van der Waals surface area contributed by atoms with Crippen molar-refractivity contribution in [2.24, 2.45) is 0 Å². The quantitative estimate of drug-likeness (QED) is 0.734. The van der Waals surface area contributed by atoms with E-state index in [1.807, 2.05) is 30.5 Å². The van der Waals surface area contributed by atoms with Crippen LogP contribution in [0.5, 0.6) is 5.75 Å². The van der Waals surface area contributed by atoms with E-state index < -0.39 is 0 Å². The van der Waals surface area contributed by atoms with Crippen molar-refractivity contribution in [3.8, 4) is 11.4 Å². The topological polar surface area (TPSA) is 81.9 Å². The van der Waals surface area contributed by atoms with Gasteiger partial charge >= 0.3 is 0 Å². The zero-order valence-corrected chi connectivity index (χ0v) is 14.4. The lowest BCUT2D eigenvalue weighted by Gasteiger charge is -2.07. The van der Waals surface area contributed by atoms with Crippen molar-refractivity contribution >= 4 is 17.2 Å². The Morgan fingerprint density at radius 3 is 2.92 bits per heavy atom. The van der Waals surface area contributed by atoms with Crippen LogP contribution in [0.3, 0.4) is 0 Å². The average Bonchev–Trinajstić information content (AvgIpc) is 3.05. The molecule has 0 aliphatic heterocycles. The van der Waals surface area contributed by atoms with Crippen LogP contribution >= 0.6 is 11.3 Å². The van der Waals surface area contributed by atoms with Crippen LogP contribution in [-0.2, 0) is 0 Å². The van der Waals surface area contributed by atoms with Gasteiger partial charge in [0.15, 0.2) is 0 Å². The second-order valence-corrected chi connectivity index (χ2v) is 6.73. The third kappa shape index (κ3) is 3.25. The number of nitrogens with one attached hydrogen (secondary N) is 1. The van der Waals surface area contributed by atoms with Gasteiger partial charge in [-0.15, -0.1) is 16.4 Å². The minimum absolute atomic E-state index is 0.0843. The maximum atomic E-state index is 12.6. The van der Waals surface area contributed by atoms with Gasteiger partial charge in [0.1, 0.15) is 17.0 Å². The Balaban J connectivity index is 1.41. The van der Waals surface area contributed by atoms with Crippen LogP contribution < -0.4 is 10.1 Å². The largest absolute Gasteiger partial charge is 0.494 e. The number of benzene rings is 1. The maximum Gasteiger partial charge on any atom is 0.263 e. The van der Waals surface area contributed by atoms with Crippen LogP contribution in [0, 0.1) is 0 Å². The molecule has 0 radical (unpaired) electrons. The number of carbonyl (C=O) groups is 1. The van der Waals surface area contributed by atoms with Crippen molar-refractivity contribution in [1.29, 1.82) is 0 Å². The summed E-state index contributed by atoms with van der Waals surface area (Å²) in [5.74, 6) is 1.15. The molecule has 25 heavy (non-hydrogen) atoms. The lowest BCUT2D eigenvalue weighted by molar-refractivity contribution is 0.0954. The summed E-state index contributed by atoms with van der Waals surface area (Å²) in [6.07, 6.45) is 2.43. The Bertz CT molecular complexity index is 860. The zero-order chi connectivity index (χ0) is 17.2. The molecule has 2 aromatic heterocycles. The molecular formula is C17H17N5O2S. The first kappa shape index (κ1) is 15.8. The first-order valence-corrected chi connectivity index (χ1v) is 8.98. The lowest BCUT2D eigenvalue weighted by atomic mass is 10.1. The van der Waals surface area contributed by atoms with Crippen molar-refractivity contribution in [3.63, 3.8) is 0 Å². The number of hydrogen-bond donors (Lipinski definition) is 1. The Kier molecular flexibility index (Phi) is 4.19. The zero-order valence-electron chi connectivity index (χ0n) is 13.6. The van der Waals surface area contributed by atoms with E-state index in [2.05, 4.69) is 33.0 Å². The molecular weight excluding hydrogens is 338 g/mol. The Morgan fingerprint density at radius 2 is 2.20 bits per heavy atom. The number of thiophene rings is 1. The average molecular weight is 355 g/mol. The highest BCUT2D eigenvalue weighted by Crippen LogP contribution is 2.41. The summed E-state index contributed by atoms with van der Waals surface area (Å²) < 4.78 is 6.97. The van der Waals surface area contributed by atoms with Crippen LogP contribution in [0.25, 0.3) is 5.69 Å². The van der Waals surface area contributed by atoms with Crippen LogP contribution in [0.4, 0.5) is 0 Å². The molecule has 4 rings (SSSR count). The Morgan fingerprint density at radius 1 is 1.36 bits per heavy atom. The van der Waals surface area contributed by atoms with Crippen LogP contribution in [0.2, 0.25) is 0 Å². The fourth-order valence-corrected chi connectivity index (χ4v) is 3.64. The highest BCUT2D eigenvalue weighted by Gasteiger charge is 2.40. The predicted octanol–water partition coefficient (Wildman–Crippen LogP) is 2.41. The second kappa shape index (κ2) is 6.64. The van der Waals surface area contributed by atoms with Crippen molar-refractivity contribution in [3.05, 3.63) is 52.5 Å². The highest BCUT2D eigenvalue weighted by molar-refractivity contribution is 7.12. The van der Waals surface area contributed by atoms with E-state index in [9.17, 15) is 4.79 Å². The van der Waals surface area contributed by atoms with E-state index >= 15 is 0 Å². The van der Waals surface area contributed by atoms with E-state index in [0.29, 0.717) is 23.1 Å². The number of rotatable bonds is 6. The minimum Gasteiger partial charge on any atom is -0.494 e. The lowest BCUT2D eigenvalue weighted by Crippen LogP contribution is -2.26. The molecule has 0 saturated heterocycles. The summed E-state index contributed by atoms with van der Waals surface area (Å²) in [6, 6.07) is 10.1. The van der Waals surface area contributed by atoms with Crippen molar-refractivity contribution in [1.82, 2.24) is 25.5 Å². The minimum atomic E-state index is -0.0843. The Labute approximate surface area is 148 Å². The van der Waals surface area contributed by atoms with Gasteiger partial charge in [-0.2, -0.15) is 4.68 Å². The van der Waals surface area contributed by atoms with Gasteiger partial charge in [-0.25, -0.2) is 0 Å². The molecule has 7 nitrogen and oxygen atoms in total. The van der Waals surface area contributed by atoms with Gasteiger partial charge < -0.3 is 10.1 Å². The molecule has 2 heterocycles. The van der Waals surface area contributed by atoms with Gasteiger partial charge in [-0.1, -0.05) is 12.1 Å². The molecule has 1 aliphatic rings. The molecule has 3 aromatic rings. The summed E-state index contributed by atoms with van der Waals surface area (Å²) in [6.45, 7) is 2.63. The highest BCUT2D eigenvalue weighted by atomic mass is 32.1. The number of amides is 1. The molecule has 1 amide bonds. The van der Waals surface area contributed by atoms with E-state index in [0.717, 1.165) is 12.2 Å². The molecule has 128 valence electrons. The summed E-state index contributed by atoms with van der Waals surface area (Å²) in [5, 5.41) is 16.1. The van der Waals surface area contributed by atoms with Crippen molar-refractivity contribution < 1.29 is 9.53 Å². The molecule has 1 aromatic carbocycles. The second-order valence-electron chi connectivity index (χ2n) is 5.81. The molecule has 0 bridgehead atoms. The molecule has 1 aliphatic carbocycles. The predicted molar refractivity (Wildman–Crippen MR) is 93.3 cm³/mol. The van der Waals surface area contributed by atoms with Crippen LogP contribution in [0.1, 0.15) is 34.5 Å². The first-order valence-electron chi connectivity index (χ1n) is 8.10. The molecule has 1 fully saturated rings. The number of hydrogen-bond acceptors (Lipinski definition) is 6. The van der Waals surface area contributed by atoms with E-state index in [1.54, 1.807) is 0 Å². The van der Waals surface area contributed by atoms with E-state index in [-0.39, 0.29) is 11.9 Å². The van der Waals surface area contributed by atoms with Gasteiger partial charge in [0.2, 0.25) is 0 Å². The molecule has 8 heteroatoms. The van der Waals surface area contributed by atoms with Gasteiger partial charge in [-0.3, -0.25) is 4.79 Å². The number of tetrazole rings is 1. The van der Waals surface area contributed by atoms with Crippen molar-refractivity contribution in [2.45, 2.75) is 25.3 Å².